The van der Waals surface area contributed by atoms with Crippen molar-refractivity contribution in [3.8, 4) is 23.4 Å². The molecule has 2 amide bonds. The summed E-state index contributed by atoms with van der Waals surface area (Å²) in [5, 5.41) is 11.7. The molecular weight excluding hydrogens is 336 g/mol. The molecule has 134 valence electrons. The number of ether oxygens (including phenoxy) is 3. The van der Waals surface area contributed by atoms with Gasteiger partial charge in [-0.1, -0.05) is 0 Å². The monoisotopic (exact) mass is 354 g/mol. The molecule has 0 unspecified atom stereocenters. The van der Waals surface area contributed by atoms with Crippen LogP contribution < -0.4 is 19.5 Å². The van der Waals surface area contributed by atoms with E-state index in [0.29, 0.717) is 41.7 Å². The Labute approximate surface area is 150 Å². The summed E-state index contributed by atoms with van der Waals surface area (Å²) in [5.74, 6) is 1.52. The van der Waals surface area contributed by atoms with Crippen LogP contribution in [0, 0.1) is 11.3 Å². The maximum Gasteiger partial charge on any atom is 0.322 e. The standard InChI is InChI=1S/C18H18N4O4/c1-24-15-4-3-13(8-16(15)25-2)21-18(23)22-10-14(11-22)26-17-7-12(9-19)5-6-20-17/h3-8,14H,10-11H2,1-2H3,(H,21,23). The van der Waals surface area contributed by atoms with Crippen molar-refractivity contribution in [1.82, 2.24) is 9.88 Å². The Balaban J connectivity index is 1.53. The van der Waals surface area contributed by atoms with Gasteiger partial charge in [0.1, 0.15) is 6.10 Å². The van der Waals surface area contributed by atoms with Crippen LogP contribution in [0.15, 0.2) is 36.5 Å². The molecular formula is C18H18N4O4. The maximum absolute atomic E-state index is 12.3. The van der Waals surface area contributed by atoms with Gasteiger partial charge < -0.3 is 24.4 Å². The van der Waals surface area contributed by atoms with E-state index < -0.39 is 0 Å². The number of hydrogen-bond acceptors (Lipinski definition) is 6. The number of methoxy groups -OCH3 is 2. The number of hydrogen-bond donors (Lipinski definition) is 1. The highest BCUT2D eigenvalue weighted by atomic mass is 16.5. The summed E-state index contributed by atoms with van der Waals surface area (Å²) in [4.78, 5) is 18.0. The second kappa shape index (κ2) is 7.61. The first-order chi connectivity index (χ1) is 12.6. The Morgan fingerprint density at radius 2 is 2.00 bits per heavy atom. The Morgan fingerprint density at radius 1 is 1.23 bits per heavy atom. The van der Waals surface area contributed by atoms with E-state index in [-0.39, 0.29) is 12.1 Å². The molecule has 0 bridgehead atoms. The van der Waals surface area contributed by atoms with Crippen molar-refractivity contribution in [3.63, 3.8) is 0 Å². The highest BCUT2D eigenvalue weighted by Crippen LogP contribution is 2.30. The number of aromatic nitrogens is 1. The van der Waals surface area contributed by atoms with Crippen LogP contribution in [0.1, 0.15) is 5.56 Å². The van der Waals surface area contributed by atoms with Crippen LogP contribution in [0.3, 0.4) is 0 Å². The quantitative estimate of drug-likeness (QED) is 0.885. The van der Waals surface area contributed by atoms with Gasteiger partial charge >= 0.3 is 6.03 Å². The highest BCUT2D eigenvalue weighted by molar-refractivity contribution is 5.90. The number of nitrogens with zero attached hydrogens (tertiary/aromatic N) is 3. The van der Waals surface area contributed by atoms with Gasteiger partial charge in [-0.25, -0.2) is 9.78 Å². The van der Waals surface area contributed by atoms with Crippen LogP contribution in [0.4, 0.5) is 10.5 Å². The highest BCUT2D eigenvalue weighted by Gasteiger charge is 2.32. The number of amides is 2. The molecule has 1 saturated heterocycles. The number of urea groups is 1. The fourth-order valence-corrected chi connectivity index (χ4v) is 2.51. The van der Waals surface area contributed by atoms with E-state index in [1.165, 1.54) is 13.3 Å². The van der Waals surface area contributed by atoms with E-state index in [2.05, 4.69) is 10.3 Å². The van der Waals surface area contributed by atoms with Gasteiger partial charge in [0.25, 0.3) is 0 Å². The van der Waals surface area contributed by atoms with Crippen molar-refractivity contribution in [1.29, 1.82) is 5.26 Å². The molecule has 0 saturated carbocycles. The molecule has 0 radical (unpaired) electrons. The van der Waals surface area contributed by atoms with Gasteiger partial charge in [0.2, 0.25) is 5.88 Å². The summed E-state index contributed by atoms with van der Waals surface area (Å²) in [6.07, 6.45) is 1.38. The predicted octanol–water partition coefficient (Wildman–Crippen LogP) is 2.27. The maximum atomic E-state index is 12.3. The zero-order valence-corrected chi connectivity index (χ0v) is 14.4. The van der Waals surface area contributed by atoms with Crippen molar-refractivity contribution >= 4 is 11.7 Å². The largest absolute Gasteiger partial charge is 0.493 e. The fourth-order valence-electron chi connectivity index (χ4n) is 2.51. The van der Waals surface area contributed by atoms with E-state index in [1.54, 1.807) is 42.3 Å². The summed E-state index contributed by atoms with van der Waals surface area (Å²) in [6, 6.07) is 10.2. The van der Waals surface area contributed by atoms with E-state index in [4.69, 9.17) is 19.5 Å². The number of likely N-dealkylation sites (tertiary alicyclic amines) is 1. The van der Waals surface area contributed by atoms with Gasteiger partial charge in [0, 0.05) is 24.0 Å². The number of nitriles is 1. The van der Waals surface area contributed by atoms with Gasteiger partial charge in [-0.15, -0.1) is 0 Å². The van der Waals surface area contributed by atoms with Crippen molar-refractivity contribution in [2.75, 3.05) is 32.6 Å². The molecule has 2 heterocycles. The van der Waals surface area contributed by atoms with Crippen LogP contribution in [0.2, 0.25) is 0 Å². The van der Waals surface area contributed by atoms with E-state index in [1.807, 2.05) is 6.07 Å². The molecule has 3 rings (SSSR count). The number of carbonyl (C=O) groups is 1. The first-order valence-electron chi connectivity index (χ1n) is 7.93. The second-order valence-electron chi connectivity index (χ2n) is 5.64. The summed E-state index contributed by atoms with van der Waals surface area (Å²) in [6.45, 7) is 0.884. The summed E-state index contributed by atoms with van der Waals surface area (Å²) in [7, 11) is 3.09. The molecule has 1 aromatic heterocycles. The molecule has 1 aromatic carbocycles. The summed E-state index contributed by atoms with van der Waals surface area (Å²) < 4.78 is 16.1. The van der Waals surface area contributed by atoms with E-state index in [9.17, 15) is 4.79 Å². The molecule has 0 aliphatic carbocycles. The lowest BCUT2D eigenvalue weighted by atomic mass is 10.2. The Bertz CT molecular complexity index is 843. The number of carbonyl (C=O) groups excluding carboxylic acids is 1. The SMILES string of the molecule is COc1ccc(NC(=O)N2CC(Oc3cc(C#N)ccn3)C2)cc1OC. The lowest BCUT2D eigenvalue weighted by Crippen LogP contribution is -2.57. The van der Waals surface area contributed by atoms with Crippen molar-refractivity contribution in [2.24, 2.45) is 0 Å². The summed E-state index contributed by atoms with van der Waals surface area (Å²) >= 11 is 0. The van der Waals surface area contributed by atoms with Gasteiger partial charge in [0.05, 0.1) is 38.9 Å². The van der Waals surface area contributed by atoms with Crippen LogP contribution >= 0.6 is 0 Å². The lowest BCUT2D eigenvalue weighted by molar-refractivity contribution is 0.0461. The lowest BCUT2D eigenvalue weighted by Gasteiger charge is -2.38. The normalized spacial score (nSPS) is 13.3. The molecule has 8 heteroatoms. The Kier molecular flexibility index (Phi) is 5.08. The van der Waals surface area contributed by atoms with Crippen molar-refractivity contribution < 1.29 is 19.0 Å². The van der Waals surface area contributed by atoms with Crippen LogP contribution in [0.25, 0.3) is 0 Å². The minimum absolute atomic E-state index is 0.146. The molecule has 0 spiro atoms. The number of nitrogens with one attached hydrogen (secondary N) is 1. The molecule has 1 N–H and O–H groups in total. The molecule has 1 fully saturated rings. The van der Waals surface area contributed by atoms with Crippen molar-refractivity contribution in [3.05, 3.63) is 42.1 Å². The van der Waals surface area contributed by atoms with Gasteiger partial charge in [-0.2, -0.15) is 5.26 Å². The zero-order chi connectivity index (χ0) is 18.5. The minimum Gasteiger partial charge on any atom is -0.493 e. The van der Waals surface area contributed by atoms with E-state index in [0.717, 1.165) is 0 Å². The van der Waals surface area contributed by atoms with Crippen molar-refractivity contribution in [2.45, 2.75) is 6.10 Å². The van der Waals surface area contributed by atoms with Gasteiger partial charge in [-0.05, 0) is 18.2 Å². The third-order valence-electron chi connectivity index (χ3n) is 3.92. The molecule has 8 nitrogen and oxygen atoms in total. The summed E-state index contributed by atoms with van der Waals surface area (Å²) in [5.41, 5.74) is 1.10. The number of benzene rings is 1. The topological polar surface area (TPSA) is 96.7 Å². The Morgan fingerprint density at radius 3 is 2.69 bits per heavy atom. The van der Waals surface area contributed by atoms with Gasteiger partial charge in [0.15, 0.2) is 11.5 Å². The third-order valence-corrected chi connectivity index (χ3v) is 3.92. The average Bonchev–Trinajstić information content (AvgIpc) is 2.64. The average molecular weight is 354 g/mol. The molecule has 2 aromatic rings. The van der Waals surface area contributed by atoms with Crippen LogP contribution in [-0.4, -0.2) is 49.3 Å². The predicted molar refractivity (Wildman–Crippen MR) is 93.5 cm³/mol. The second-order valence-corrected chi connectivity index (χ2v) is 5.64. The molecule has 1 aliphatic heterocycles. The minimum atomic E-state index is -0.226. The smallest absolute Gasteiger partial charge is 0.322 e. The molecule has 0 atom stereocenters. The first-order valence-corrected chi connectivity index (χ1v) is 7.93. The van der Waals surface area contributed by atoms with Crippen LogP contribution in [-0.2, 0) is 0 Å². The first kappa shape index (κ1) is 17.4. The Hall–Kier alpha value is -3.47. The zero-order valence-electron chi connectivity index (χ0n) is 14.4. The number of anilines is 1. The third kappa shape index (κ3) is 3.78. The fraction of sp³-hybridized carbons (Fsp3) is 0.278. The number of rotatable bonds is 5. The molecule has 26 heavy (non-hydrogen) atoms. The van der Waals surface area contributed by atoms with E-state index >= 15 is 0 Å². The van der Waals surface area contributed by atoms with Gasteiger partial charge in [-0.3, -0.25) is 0 Å². The van der Waals surface area contributed by atoms with Crippen LogP contribution in [0.5, 0.6) is 17.4 Å². The number of pyridine rings is 1. The molecule has 1 aliphatic rings.